The van der Waals surface area contributed by atoms with Crippen LogP contribution in [0.25, 0.3) is 10.9 Å². The summed E-state index contributed by atoms with van der Waals surface area (Å²) in [6.45, 7) is 6.03. The van der Waals surface area contributed by atoms with Gasteiger partial charge in [-0.05, 0) is 48.8 Å². The fourth-order valence-electron chi connectivity index (χ4n) is 3.70. The number of benzene rings is 1. The number of aliphatic hydroxyl groups is 1. The lowest BCUT2D eigenvalue weighted by Crippen LogP contribution is -2.39. The van der Waals surface area contributed by atoms with Crippen LogP contribution in [-0.4, -0.2) is 44.1 Å². The van der Waals surface area contributed by atoms with Gasteiger partial charge < -0.3 is 15.5 Å². The van der Waals surface area contributed by atoms with Crippen LogP contribution in [0.3, 0.4) is 0 Å². The summed E-state index contributed by atoms with van der Waals surface area (Å²) >= 11 is 3.54. The van der Waals surface area contributed by atoms with Crippen LogP contribution in [0.5, 0.6) is 0 Å². The van der Waals surface area contributed by atoms with Gasteiger partial charge in [0, 0.05) is 15.9 Å². The van der Waals surface area contributed by atoms with Gasteiger partial charge in [0.05, 0.1) is 11.6 Å². The van der Waals surface area contributed by atoms with Gasteiger partial charge in [0.1, 0.15) is 0 Å². The highest BCUT2D eigenvalue weighted by molar-refractivity contribution is 9.10. The van der Waals surface area contributed by atoms with Crippen molar-refractivity contribution in [3.8, 4) is 0 Å². The Hall–Kier alpha value is -1.93. The Morgan fingerprint density at radius 3 is 2.41 bits per heavy atom. The number of nitrogens with one attached hydrogen (secondary N) is 1. The normalized spacial score (nSPS) is 20.6. The van der Waals surface area contributed by atoms with E-state index in [1.54, 1.807) is 12.1 Å². The first-order chi connectivity index (χ1) is 12.6. The highest BCUT2D eigenvalue weighted by atomic mass is 79.9. The smallest absolute Gasteiger partial charge is 0.432 e. The van der Waals surface area contributed by atoms with Gasteiger partial charge in [-0.3, -0.25) is 4.79 Å². The van der Waals surface area contributed by atoms with Crippen LogP contribution >= 0.6 is 15.9 Å². The zero-order chi connectivity index (χ0) is 19.9. The number of hydrogen-bond donors (Lipinski definition) is 3. The molecule has 1 saturated carbocycles. The fourth-order valence-corrected chi connectivity index (χ4v) is 4.62. The fraction of sp³-hybridized carbons (Fsp3) is 0.526. The van der Waals surface area contributed by atoms with Crippen molar-refractivity contribution in [2.24, 2.45) is 0 Å². The van der Waals surface area contributed by atoms with Crippen molar-refractivity contribution in [2.45, 2.75) is 64.0 Å². The molecule has 1 heterocycles. The molecule has 1 amide bonds. The molecule has 0 spiro atoms. The highest BCUT2D eigenvalue weighted by Crippen LogP contribution is 2.38. The molecule has 0 radical (unpaired) electrons. The van der Waals surface area contributed by atoms with Crippen LogP contribution in [0.15, 0.2) is 16.6 Å². The van der Waals surface area contributed by atoms with Gasteiger partial charge in [-0.1, -0.05) is 36.7 Å². The third-order valence-electron chi connectivity index (χ3n) is 4.98. The van der Waals surface area contributed by atoms with Crippen molar-refractivity contribution >= 4 is 38.8 Å². The minimum Gasteiger partial charge on any atom is -0.463 e. The Morgan fingerprint density at radius 2 is 1.85 bits per heavy atom. The van der Waals surface area contributed by atoms with Crippen molar-refractivity contribution in [1.82, 2.24) is 15.1 Å². The van der Waals surface area contributed by atoms with Crippen LogP contribution < -0.4 is 5.32 Å². The Bertz CT molecular complexity index is 892. The maximum Gasteiger partial charge on any atom is 0.432 e. The summed E-state index contributed by atoms with van der Waals surface area (Å²) < 4.78 is 1.67. The Balaban J connectivity index is 2.10. The number of carbonyl (C=O) groups is 2. The summed E-state index contributed by atoms with van der Waals surface area (Å²) in [5.41, 5.74) is 1.02. The number of aliphatic hydroxyl groups excluding tert-OH is 1. The quantitative estimate of drug-likeness (QED) is 0.664. The summed E-state index contributed by atoms with van der Waals surface area (Å²) in [7, 11) is 0. The first-order valence-corrected chi connectivity index (χ1v) is 9.83. The number of rotatable bonds is 2. The summed E-state index contributed by atoms with van der Waals surface area (Å²) in [4.78, 5) is 24.6. The molecule has 0 unspecified atom stereocenters. The SMILES string of the molecule is CC(C)(C)c1c(Br)ccc2c1c(C(=O)NC1CCC(O)CC1)nn2C(=O)O. The molecule has 1 aliphatic rings. The standard InChI is InChI=1S/C19H24BrN3O4/c1-19(2,3)15-12(20)8-9-13-14(15)16(22-23(13)18(26)27)17(25)21-10-4-6-11(24)7-5-10/h8-11,24H,4-7H2,1-3H3,(H,21,25)(H,26,27). The molecule has 0 atom stereocenters. The molecular formula is C19H24BrN3O4. The molecule has 2 aromatic rings. The van der Waals surface area contributed by atoms with Gasteiger partial charge in [-0.25, -0.2) is 4.79 Å². The van der Waals surface area contributed by atoms with E-state index >= 15 is 0 Å². The second-order valence-corrected chi connectivity index (χ2v) is 8.94. The molecular weight excluding hydrogens is 414 g/mol. The van der Waals surface area contributed by atoms with Crippen LogP contribution in [-0.2, 0) is 5.41 Å². The summed E-state index contributed by atoms with van der Waals surface area (Å²) in [6, 6.07) is 3.40. The van der Waals surface area contributed by atoms with Gasteiger partial charge in [0.25, 0.3) is 5.91 Å². The number of carbonyl (C=O) groups excluding carboxylic acids is 1. The van der Waals surface area contributed by atoms with E-state index in [1.807, 2.05) is 20.8 Å². The third-order valence-corrected chi connectivity index (χ3v) is 5.64. The van der Waals surface area contributed by atoms with E-state index < -0.39 is 6.09 Å². The third kappa shape index (κ3) is 3.87. The first-order valence-electron chi connectivity index (χ1n) is 9.03. The second kappa shape index (κ2) is 7.24. The van der Waals surface area contributed by atoms with Crippen molar-refractivity contribution in [1.29, 1.82) is 0 Å². The zero-order valence-electron chi connectivity index (χ0n) is 15.6. The predicted molar refractivity (Wildman–Crippen MR) is 105 cm³/mol. The number of carboxylic acid groups (broad SMARTS) is 1. The highest BCUT2D eigenvalue weighted by Gasteiger charge is 2.30. The van der Waals surface area contributed by atoms with E-state index in [2.05, 4.69) is 26.3 Å². The lowest BCUT2D eigenvalue weighted by atomic mass is 9.84. The molecule has 3 rings (SSSR count). The Kier molecular flexibility index (Phi) is 5.31. The minimum absolute atomic E-state index is 0.0452. The number of hydrogen-bond acceptors (Lipinski definition) is 4. The molecule has 7 nitrogen and oxygen atoms in total. The van der Waals surface area contributed by atoms with E-state index in [4.69, 9.17) is 0 Å². The van der Waals surface area contributed by atoms with E-state index in [9.17, 15) is 19.8 Å². The number of nitrogens with zero attached hydrogens (tertiary/aromatic N) is 2. The monoisotopic (exact) mass is 437 g/mol. The molecule has 3 N–H and O–H groups in total. The Labute approximate surface area is 165 Å². The van der Waals surface area contributed by atoms with Crippen molar-refractivity contribution in [2.75, 3.05) is 0 Å². The number of amides is 1. The molecule has 27 heavy (non-hydrogen) atoms. The Morgan fingerprint density at radius 1 is 1.22 bits per heavy atom. The minimum atomic E-state index is -1.23. The number of fused-ring (bicyclic) bond motifs is 1. The molecule has 146 valence electrons. The second-order valence-electron chi connectivity index (χ2n) is 8.09. The van der Waals surface area contributed by atoms with E-state index in [0.717, 1.165) is 14.7 Å². The summed E-state index contributed by atoms with van der Waals surface area (Å²) in [5, 5.41) is 26.8. The summed E-state index contributed by atoms with van der Waals surface area (Å²) in [6.07, 6.45) is 1.14. The van der Waals surface area contributed by atoms with Crippen molar-refractivity contribution in [3.05, 3.63) is 27.9 Å². The molecule has 1 aliphatic carbocycles. The lowest BCUT2D eigenvalue weighted by molar-refractivity contribution is 0.0864. The lowest BCUT2D eigenvalue weighted by Gasteiger charge is -2.26. The van der Waals surface area contributed by atoms with Gasteiger partial charge >= 0.3 is 6.09 Å². The summed E-state index contributed by atoms with van der Waals surface area (Å²) in [5.74, 6) is -0.384. The zero-order valence-corrected chi connectivity index (χ0v) is 17.2. The molecule has 0 aliphatic heterocycles. The average molecular weight is 438 g/mol. The maximum atomic E-state index is 13.0. The van der Waals surface area contributed by atoms with E-state index in [-0.39, 0.29) is 29.2 Å². The van der Waals surface area contributed by atoms with Crippen LogP contribution in [0.2, 0.25) is 0 Å². The van der Waals surface area contributed by atoms with Gasteiger partial charge in [-0.15, -0.1) is 0 Å². The largest absolute Gasteiger partial charge is 0.463 e. The average Bonchev–Trinajstić information content (AvgIpc) is 2.95. The number of halogens is 1. The van der Waals surface area contributed by atoms with Crippen molar-refractivity contribution < 1.29 is 19.8 Å². The molecule has 1 fully saturated rings. The van der Waals surface area contributed by atoms with E-state index in [1.165, 1.54) is 0 Å². The molecule has 8 heteroatoms. The predicted octanol–water partition coefficient (Wildman–Crippen LogP) is 3.66. The first kappa shape index (κ1) is 19.8. The molecule has 1 aromatic heterocycles. The van der Waals surface area contributed by atoms with E-state index in [0.29, 0.717) is 36.6 Å². The van der Waals surface area contributed by atoms with Crippen LogP contribution in [0.4, 0.5) is 4.79 Å². The number of aromatic nitrogens is 2. The maximum absolute atomic E-state index is 13.0. The van der Waals surface area contributed by atoms with Gasteiger partial charge in [0.2, 0.25) is 0 Å². The molecule has 1 aromatic carbocycles. The van der Waals surface area contributed by atoms with Crippen LogP contribution in [0, 0.1) is 0 Å². The topological polar surface area (TPSA) is 104 Å². The van der Waals surface area contributed by atoms with Crippen molar-refractivity contribution in [3.63, 3.8) is 0 Å². The van der Waals surface area contributed by atoms with Gasteiger partial charge in [-0.2, -0.15) is 9.78 Å². The molecule has 0 bridgehead atoms. The van der Waals surface area contributed by atoms with Crippen LogP contribution in [0.1, 0.15) is 62.5 Å². The van der Waals surface area contributed by atoms with Gasteiger partial charge in [0.15, 0.2) is 5.69 Å². The molecule has 0 saturated heterocycles.